The van der Waals surface area contributed by atoms with E-state index in [1.807, 2.05) is 6.92 Å². The van der Waals surface area contributed by atoms with Crippen LogP contribution < -0.4 is 10.1 Å². The molecule has 0 bridgehead atoms. The topological polar surface area (TPSA) is 138 Å². The molecule has 1 fully saturated rings. The van der Waals surface area contributed by atoms with Gasteiger partial charge in [-0.1, -0.05) is 24.6 Å². The molecule has 4 rings (SSSR count). The SMILES string of the molecule is CCCc1ccc(OC(F)(F)F)cc1-c1nnc(C(=O)NC2CC(Cn3ccnn3)N(C(=O)OC(C)(C)C)C2)o1. The fourth-order valence-electron chi connectivity index (χ4n) is 4.39. The third kappa shape index (κ3) is 7.48. The van der Waals surface area contributed by atoms with E-state index in [0.717, 1.165) is 6.07 Å². The first-order valence-electron chi connectivity index (χ1n) is 12.7. The van der Waals surface area contributed by atoms with E-state index >= 15 is 0 Å². The van der Waals surface area contributed by atoms with Crippen LogP contribution in [0.3, 0.4) is 0 Å². The molecular formula is C25H30F3N7O5. The average molecular weight is 566 g/mol. The highest BCUT2D eigenvalue weighted by Crippen LogP contribution is 2.31. The van der Waals surface area contributed by atoms with Gasteiger partial charge in [-0.15, -0.1) is 28.5 Å². The summed E-state index contributed by atoms with van der Waals surface area (Å²) < 4.78 is 55.0. The predicted octanol–water partition coefficient (Wildman–Crippen LogP) is 3.99. The van der Waals surface area contributed by atoms with E-state index < -0.39 is 35.8 Å². The van der Waals surface area contributed by atoms with Crippen molar-refractivity contribution in [3.63, 3.8) is 0 Å². The Morgan fingerprint density at radius 2 is 1.98 bits per heavy atom. The van der Waals surface area contributed by atoms with E-state index in [9.17, 15) is 22.8 Å². The van der Waals surface area contributed by atoms with Crippen LogP contribution in [0.25, 0.3) is 11.5 Å². The van der Waals surface area contributed by atoms with E-state index in [1.54, 1.807) is 31.6 Å². The zero-order valence-electron chi connectivity index (χ0n) is 22.4. The highest BCUT2D eigenvalue weighted by atomic mass is 19.4. The highest BCUT2D eigenvalue weighted by molar-refractivity contribution is 5.90. The molecular weight excluding hydrogens is 535 g/mol. The van der Waals surface area contributed by atoms with Gasteiger partial charge in [0.15, 0.2) is 0 Å². The Kier molecular flexibility index (Phi) is 8.30. The number of carbonyl (C=O) groups is 2. The molecule has 0 radical (unpaired) electrons. The van der Waals surface area contributed by atoms with Gasteiger partial charge in [0.1, 0.15) is 11.4 Å². The summed E-state index contributed by atoms with van der Waals surface area (Å²) in [5.74, 6) is -1.62. The van der Waals surface area contributed by atoms with Gasteiger partial charge >= 0.3 is 24.3 Å². The first kappa shape index (κ1) is 28.8. The maximum atomic E-state index is 13.0. The fraction of sp³-hybridized carbons (Fsp3) is 0.520. The number of ether oxygens (including phenoxy) is 2. The molecule has 0 aliphatic carbocycles. The molecule has 216 valence electrons. The van der Waals surface area contributed by atoms with Crippen molar-refractivity contribution >= 4 is 12.0 Å². The van der Waals surface area contributed by atoms with Crippen molar-refractivity contribution in [2.24, 2.45) is 0 Å². The minimum atomic E-state index is -4.87. The van der Waals surface area contributed by atoms with E-state index in [0.29, 0.717) is 31.4 Å². The lowest BCUT2D eigenvalue weighted by molar-refractivity contribution is -0.274. The zero-order chi connectivity index (χ0) is 29.1. The summed E-state index contributed by atoms with van der Waals surface area (Å²) in [5, 5.41) is 18.2. The van der Waals surface area contributed by atoms with Gasteiger partial charge in [-0.05, 0) is 51.3 Å². The lowest BCUT2D eigenvalue weighted by Crippen LogP contribution is -2.43. The number of aromatic nitrogens is 5. The van der Waals surface area contributed by atoms with Crippen molar-refractivity contribution < 1.29 is 36.7 Å². The van der Waals surface area contributed by atoms with E-state index in [4.69, 9.17) is 9.15 Å². The van der Waals surface area contributed by atoms with Crippen LogP contribution in [0.2, 0.25) is 0 Å². The van der Waals surface area contributed by atoms with Gasteiger partial charge in [0, 0.05) is 24.3 Å². The van der Waals surface area contributed by atoms with E-state index in [1.165, 1.54) is 23.2 Å². The van der Waals surface area contributed by atoms with Gasteiger partial charge in [-0.25, -0.2) is 4.79 Å². The molecule has 2 unspecified atom stereocenters. The number of alkyl halides is 3. The molecule has 40 heavy (non-hydrogen) atoms. The third-order valence-electron chi connectivity index (χ3n) is 5.93. The van der Waals surface area contributed by atoms with Crippen LogP contribution >= 0.6 is 0 Å². The molecule has 2 atom stereocenters. The van der Waals surface area contributed by atoms with Crippen molar-refractivity contribution in [2.75, 3.05) is 6.54 Å². The normalized spacial score (nSPS) is 17.6. The first-order chi connectivity index (χ1) is 18.8. The summed E-state index contributed by atoms with van der Waals surface area (Å²) in [6.45, 7) is 7.70. The predicted molar refractivity (Wildman–Crippen MR) is 133 cm³/mol. The average Bonchev–Trinajstić information content (AvgIpc) is 3.60. The van der Waals surface area contributed by atoms with Crippen LogP contribution in [0, 0.1) is 0 Å². The van der Waals surface area contributed by atoms with Gasteiger partial charge in [0.25, 0.3) is 0 Å². The number of carbonyl (C=O) groups excluding carboxylic acids is 2. The number of aryl methyl sites for hydroxylation is 1. The number of rotatable bonds is 8. The van der Waals surface area contributed by atoms with Crippen molar-refractivity contribution in [3.8, 4) is 17.2 Å². The van der Waals surface area contributed by atoms with Gasteiger partial charge in [0.2, 0.25) is 5.89 Å². The largest absolute Gasteiger partial charge is 0.573 e. The van der Waals surface area contributed by atoms with Gasteiger partial charge in [-0.2, -0.15) is 0 Å². The second-order valence-corrected chi connectivity index (χ2v) is 10.3. The molecule has 1 N–H and O–H groups in total. The summed E-state index contributed by atoms with van der Waals surface area (Å²) in [6, 6.07) is 3.04. The van der Waals surface area contributed by atoms with E-state index in [2.05, 4.69) is 30.6 Å². The van der Waals surface area contributed by atoms with E-state index in [-0.39, 0.29) is 29.9 Å². The van der Waals surface area contributed by atoms with Crippen LogP contribution in [0.15, 0.2) is 35.0 Å². The molecule has 3 heterocycles. The second-order valence-electron chi connectivity index (χ2n) is 10.3. The number of benzene rings is 1. The highest BCUT2D eigenvalue weighted by Gasteiger charge is 2.39. The molecule has 2 aromatic heterocycles. The molecule has 12 nitrogen and oxygen atoms in total. The number of nitrogens with one attached hydrogen (secondary N) is 1. The lowest BCUT2D eigenvalue weighted by Gasteiger charge is -2.28. The number of amides is 2. The Balaban J connectivity index is 1.49. The van der Waals surface area contributed by atoms with Crippen molar-refractivity contribution in [2.45, 2.75) is 77.5 Å². The molecule has 0 saturated carbocycles. The summed E-state index contributed by atoms with van der Waals surface area (Å²) >= 11 is 0. The Hall–Kier alpha value is -4.17. The van der Waals surface area contributed by atoms with Crippen LogP contribution in [-0.2, 0) is 17.7 Å². The fourth-order valence-corrected chi connectivity index (χ4v) is 4.39. The lowest BCUT2D eigenvalue weighted by atomic mass is 10.0. The molecule has 1 saturated heterocycles. The van der Waals surface area contributed by atoms with Crippen LogP contribution in [0.5, 0.6) is 5.75 Å². The Bertz CT molecular complexity index is 1320. The standard InChI is InChI=1S/C25H30F3N7O5/c1-5-6-15-7-8-18(39-25(26,27)28)12-19(15)21-31-32-22(38-21)20(36)30-16-11-17(14-34-10-9-29-33-34)35(13-16)23(37)40-24(2,3)4/h7-10,12,16-17H,5-6,11,13-14H2,1-4H3,(H,30,36). The minimum Gasteiger partial charge on any atom is -0.444 e. The second kappa shape index (κ2) is 11.5. The quantitative estimate of drug-likeness (QED) is 0.430. The van der Waals surface area contributed by atoms with Crippen molar-refractivity contribution in [3.05, 3.63) is 42.0 Å². The Morgan fingerprint density at radius 1 is 1.20 bits per heavy atom. The summed E-state index contributed by atoms with van der Waals surface area (Å²) in [7, 11) is 0. The van der Waals surface area contributed by atoms with Gasteiger partial charge < -0.3 is 24.1 Å². The number of hydrogen-bond donors (Lipinski definition) is 1. The number of halogens is 3. The number of nitrogens with zero attached hydrogens (tertiary/aromatic N) is 6. The zero-order valence-corrected chi connectivity index (χ0v) is 22.4. The third-order valence-corrected chi connectivity index (χ3v) is 5.93. The molecule has 1 aliphatic rings. The van der Waals surface area contributed by atoms with Gasteiger partial charge in [0.05, 0.1) is 18.8 Å². The summed E-state index contributed by atoms with van der Waals surface area (Å²) in [4.78, 5) is 27.4. The smallest absolute Gasteiger partial charge is 0.444 e. The van der Waals surface area contributed by atoms with Crippen LogP contribution in [0.1, 0.15) is 56.8 Å². The Labute approximate surface area is 227 Å². The van der Waals surface area contributed by atoms with Crippen molar-refractivity contribution in [1.29, 1.82) is 0 Å². The first-order valence-corrected chi connectivity index (χ1v) is 12.7. The molecule has 1 aromatic carbocycles. The molecule has 0 spiro atoms. The number of hydrogen-bond acceptors (Lipinski definition) is 9. The number of likely N-dealkylation sites (tertiary alicyclic amines) is 1. The summed E-state index contributed by atoms with van der Waals surface area (Å²) in [6.07, 6.45) is -0.580. The van der Waals surface area contributed by atoms with Crippen LogP contribution in [-0.4, -0.2) is 72.7 Å². The van der Waals surface area contributed by atoms with Crippen LogP contribution in [0.4, 0.5) is 18.0 Å². The molecule has 1 aliphatic heterocycles. The monoisotopic (exact) mass is 565 g/mol. The Morgan fingerprint density at radius 3 is 2.62 bits per heavy atom. The summed E-state index contributed by atoms with van der Waals surface area (Å²) in [5.41, 5.74) is 0.183. The van der Waals surface area contributed by atoms with Crippen molar-refractivity contribution in [1.82, 2.24) is 35.4 Å². The maximum absolute atomic E-state index is 13.0. The molecule has 15 heteroatoms. The minimum absolute atomic E-state index is 0.118. The molecule has 2 amide bonds. The van der Waals surface area contributed by atoms with Gasteiger partial charge in [-0.3, -0.25) is 9.48 Å². The maximum Gasteiger partial charge on any atom is 0.573 e. The molecule has 3 aromatic rings.